The predicted octanol–water partition coefficient (Wildman–Crippen LogP) is 2.27. The van der Waals surface area contributed by atoms with E-state index in [1.165, 1.54) is 6.07 Å². The number of rotatable bonds is 3. The van der Waals surface area contributed by atoms with Gasteiger partial charge in [-0.1, -0.05) is 0 Å². The smallest absolute Gasteiger partial charge is 0.335 e. The number of carbonyl (C=O) groups is 2. The molecule has 0 bridgehead atoms. The van der Waals surface area contributed by atoms with Crippen LogP contribution in [0, 0.1) is 6.92 Å². The molecule has 1 fully saturated rings. The van der Waals surface area contributed by atoms with Crippen molar-refractivity contribution in [3.8, 4) is 0 Å². The Balaban J connectivity index is 2.60. The summed E-state index contributed by atoms with van der Waals surface area (Å²) in [4.78, 5) is 21.9. The standard InChI is InChI=1S/C12H12O4/c1-6-9(7-2-3-7)4-8(11(13)14)5-10(6)12(15)16/h4-5,7H,2-3H2,1H3,(H,13,14)(H,15,16). The molecule has 0 spiro atoms. The van der Waals surface area contributed by atoms with Crippen molar-refractivity contribution in [1.82, 2.24) is 0 Å². The summed E-state index contributed by atoms with van der Waals surface area (Å²) >= 11 is 0. The van der Waals surface area contributed by atoms with E-state index in [0.29, 0.717) is 11.5 Å². The highest BCUT2D eigenvalue weighted by molar-refractivity contribution is 5.95. The summed E-state index contributed by atoms with van der Waals surface area (Å²) in [6.07, 6.45) is 2.03. The minimum absolute atomic E-state index is 0.0601. The van der Waals surface area contributed by atoms with Crippen LogP contribution in [0.4, 0.5) is 0 Å². The van der Waals surface area contributed by atoms with Crippen LogP contribution < -0.4 is 0 Å². The second kappa shape index (κ2) is 3.63. The second-order valence-electron chi connectivity index (χ2n) is 4.12. The van der Waals surface area contributed by atoms with Crippen LogP contribution in [-0.4, -0.2) is 22.2 Å². The normalized spacial score (nSPS) is 14.8. The monoisotopic (exact) mass is 220 g/mol. The number of hydrogen-bond donors (Lipinski definition) is 2. The second-order valence-corrected chi connectivity index (χ2v) is 4.12. The first-order chi connectivity index (χ1) is 7.50. The average molecular weight is 220 g/mol. The van der Waals surface area contributed by atoms with Gasteiger partial charge in [0.05, 0.1) is 11.1 Å². The van der Waals surface area contributed by atoms with Crippen molar-refractivity contribution in [3.63, 3.8) is 0 Å². The molecule has 0 unspecified atom stereocenters. The number of benzene rings is 1. The molecular formula is C12H12O4. The van der Waals surface area contributed by atoms with Gasteiger partial charge in [-0.05, 0) is 48.9 Å². The quantitative estimate of drug-likeness (QED) is 0.819. The molecule has 16 heavy (non-hydrogen) atoms. The number of carboxylic acid groups (broad SMARTS) is 2. The van der Waals surface area contributed by atoms with Crippen molar-refractivity contribution in [3.05, 3.63) is 34.4 Å². The first kappa shape index (κ1) is 10.7. The molecule has 0 atom stereocenters. The first-order valence-electron chi connectivity index (χ1n) is 5.12. The lowest BCUT2D eigenvalue weighted by Gasteiger charge is -2.09. The Kier molecular flexibility index (Phi) is 2.42. The van der Waals surface area contributed by atoms with Crippen LogP contribution in [0.5, 0.6) is 0 Å². The molecular weight excluding hydrogens is 208 g/mol. The van der Waals surface area contributed by atoms with E-state index in [1.807, 2.05) is 0 Å². The van der Waals surface area contributed by atoms with Gasteiger partial charge in [-0.2, -0.15) is 0 Å². The lowest BCUT2D eigenvalue weighted by Crippen LogP contribution is -2.07. The van der Waals surface area contributed by atoms with Crippen molar-refractivity contribution in [2.75, 3.05) is 0 Å². The molecule has 1 aromatic carbocycles. The van der Waals surface area contributed by atoms with Crippen LogP contribution in [0.3, 0.4) is 0 Å². The molecule has 1 aliphatic carbocycles. The SMILES string of the molecule is Cc1c(C(=O)O)cc(C(=O)O)cc1C1CC1. The molecule has 0 radical (unpaired) electrons. The highest BCUT2D eigenvalue weighted by Crippen LogP contribution is 2.42. The third-order valence-electron chi connectivity index (χ3n) is 2.94. The molecule has 1 saturated carbocycles. The van der Waals surface area contributed by atoms with E-state index in [9.17, 15) is 9.59 Å². The minimum Gasteiger partial charge on any atom is -0.478 e. The maximum atomic E-state index is 11.0. The summed E-state index contributed by atoms with van der Waals surface area (Å²) in [6, 6.07) is 2.83. The Hall–Kier alpha value is -1.84. The zero-order valence-electron chi connectivity index (χ0n) is 8.86. The Morgan fingerprint density at radius 3 is 2.25 bits per heavy atom. The summed E-state index contributed by atoms with van der Waals surface area (Å²) < 4.78 is 0. The van der Waals surface area contributed by atoms with Crippen molar-refractivity contribution in [1.29, 1.82) is 0 Å². The zero-order chi connectivity index (χ0) is 11.9. The third-order valence-corrected chi connectivity index (χ3v) is 2.94. The van der Waals surface area contributed by atoms with Crippen molar-refractivity contribution >= 4 is 11.9 Å². The van der Waals surface area contributed by atoms with Gasteiger partial charge in [-0.3, -0.25) is 0 Å². The molecule has 1 aliphatic rings. The van der Waals surface area contributed by atoms with Gasteiger partial charge < -0.3 is 10.2 Å². The van der Waals surface area contributed by atoms with Gasteiger partial charge in [-0.25, -0.2) is 9.59 Å². The van der Waals surface area contributed by atoms with Crippen LogP contribution in [0.25, 0.3) is 0 Å². The summed E-state index contributed by atoms with van der Waals surface area (Å²) in [7, 11) is 0. The summed E-state index contributed by atoms with van der Waals surface area (Å²) in [6.45, 7) is 1.74. The lowest BCUT2D eigenvalue weighted by atomic mass is 9.96. The molecule has 1 aromatic rings. The molecule has 84 valence electrons. The number of hydrogen-bond acceptors (Lipinski definition) is 2. The topological polar surface area (TPSA) is 74.6 Å². The fourth-order valence-corrected chi connectivity index (χ4v) is 1.90. The number of carboxylic acids is 2. The van der Waals surface area contributed by atoms with E-state index in [4.69, 9.17) is 10.2 Å². The average Bonchev–Trinajstić information content (AvgIpc) is 3.00. The Morgan fingerprint density at radius 2 is 1.81 bits per heavy atom. The van der Waals surface area contributed by atoms with Crippen LogP contribution in [-0.2, 0) is 0 Å². The summed E-state index contributed by atoms with van der Waals surface area (Å²) in [5.41, 5.74) is 1.73. The molecule has 0 aromatic heterocycles. The summed E-state index contributed by atoms with van der Waals surface area (Å²) in [5.74, 6) is -1.80. The molecule has 0 amide bonds. The molecule has 2 N–H and O–H groups in total. The van der Waals surface area contributed by atoms with Gasteiger partial charge in [0.15, 0.2) is 0 Å². The Bertz CT molecular complexity index is 472. The highest BCUT2D eigenvalue weighted by Gasteiger charge is 2.28. The van der Waals surface area contributed by atoms with Gasteiger partial charge in [0.25, 0.3) is 0 Å². The van der Waals surface area contributed by atoms with E-state index < -0.39 is 11.9 Å². The fraction of sp³-hybridized carbons (Fsp3) is 0.333. The van der Waals surface area contributed by atoms with Crippen molar-refractivity contribution in [2.24, 2.45) is 0 Å². The van der Waals surface area contributed by atoms with E-state index in [-0.39, 0.29) is 11.1 Å². The Labute approximate surface area is 92.5 Å². The molecule has 0 saturated heterocycles. The predicted molar refractivity (Wildman–Crippen MR) is 57.1 cm³/mol. The third kappa shape index (κ3) is 1.78. The van der Waals surface area contributed by atoms with Crippen molar-refractivity contribution < 1.29 is 19.8 Å². The van der Waals surface area contributed by atoms with Crippen LogP contribution in [0.15, 0.2) is 12.1 Å². The Morgan fingerprint density at radius 1 is 1.19 bits per heavy atom. The molecule has 0 aliphatic heterocycles. The van der Waals surface area contributed by atoms with E-state index in [1.54, 1.807) is 13.0 Å². The first-order valence-corrected chi connectivity index (χ1v) is 5.12. The maximum absolute atomic E-state index is 11.0. The summed E-state index contributed by atoms with van der Waals surface area (Å²) in [5, 5.41) is 17.9. The van der Waals surface area contributed by atoms with Gasteiger partial charge >= 0.3 is 11.9 Å². The maximum Gasteiger partial charge on any atom is 0.335 e. The lowest BCUT2D eigenvalue weighted by molar-refractivity contribution is 0.0695. The largest absolute Gasteiger partial charge is 0.478 e. The molecule has 0 heterocycles. The van der Waals surface area contributed by atoms with Gasteiger partial charge in [0.2, 0.25) is 0 Å². The fourth-order valence-electron chi connectivity index (χ4n) is 1.90. The van der Waals surface area contributed by atoms with E-state index >= 15 is 0 Å². The van der Waals surface area contributed by atoms with Gasteiger partial charge in [-0.15, -0.1) is 0 Å². The minimum atomic E-state index is -1.08. The highest BCUT2D eigenvalue weighted by atomic mass is 16.4. The van der Waals surface area contributed by atoms with Crippen molar-refractivity contribution in [2.45, 2.75) is 25.7 Å². The molecule has 2 rings (SSSR count). The molecule has 4 nitrogen and oxygen atoms in total. The van der Waals surface area contributed by atoms with Gasteiger partial charge in [0, 0.05) is 0 Å². The van der Waals surface area contributed by atoms with Crippen LogP contribution >= 0.6 is 0 Å². The van der Waals surface area contributed by atoms with Crippen LogP contribution in [0.1, 0.15) is 50.6 Å². The number of aromatic carboxylic acids is 2. The molecule has 4 heteroatoms. The van der Waals surface area contributed by atoms with Gasteiger partial charge in [0.1, 0.15) is 0 Å². The zero-order valence-corrected chi connectivity index (χ0v) is 8.86. The van der Waals surface area contributed by atoms with E-state index in [0.717, 1.165) is 18.4 Å². The van der Waals surface area contributed by atoms with E-state index in [2.05, 4.69) is 0 Å². The van der Waals surface area contributed by atoms with Crippen LogP contribution in [0.2, 0.25) is 0 Å².